The lowest BCUT2D eigenvalue weighted by Gasteiger charge is -2.71. The van der Waals surface area contributed by atoms with Crippen molar-refractivity contribution in [3.8, 4) is 0 Å². The normalized spacial score (nSPS) is 51.7. The minimum atomic E-state index is -1.74. The molecule has 3 aliphatic heterocycles. The van der Waals surface area contributed by atoms with E-state index >= 15 is 0 Å². The molecule has 0 unspecified atom stereocenters. The van der Waals surface area contributed by atoms with Crippen LogP contribution in [-0.4, -0.2) is 152 Å². The van der Waals surface area contributed by atoms with Crippen LogP contribution in [0.15, 0.2) is 35.9 Å². The molecule has 4 saturated carbocycles. The number of fused-ring (bicyclic) bond motifs is 7. The summed E-state index contributed by atoms with van der Waals surface area (Å²) in [6, 6.07) is 7.40. The fourth-order valence-corrected chi connectivity index (χ4v) is 16.2. The molecule has 3 saturated heterocycles. The SMILES string of the molecule is C[C@H]1[C@H](C)CC[C@]2(C(=O)Nc3ccc(Cl)cc3)CC[C@]3(C)C(=CC[C@@H]4[C@@]5(C)CC[C@H](O[C@@H]6O[C@H](CO)[C@@H](O[C@@H]7O[C@@H](C)[C@H](O)[C@@H](O)[C@H]7O)[C@H](O)[C@H]6O[C@@H]6O[C@@H](C)[C@H](O)[C@@H](O)[C@H]6O)C(C)(C)[C@@H]5CC[C@]43C)[C@H]12. The second kappa shape index (κ2) is 19.6. The maximum Gasteiger partial charge on any atom is 0.231 e. The Kier molecular flexibility index (Phi) is 14.9. The molecule has 1 amide bonds. The number of benzene rings is 1. The number of carbonyl (C=O) groups is 1. The van der Waals surface area contributed by atoms with Crippen molar-refractivity contribution in [2.75, 3.05) is 11.9 Å². The first-order chi connectivity index (χ1) is 33.3. The molecule has 0 spiro atoms. The molecule has 0 aromatic heterocycles. The minimum absolute atomic E-state index is 0.0537. The van der Waals surface area contributed by atoms with Crippen molar-refractivity contribution in [3.63, 3.8) is 0 Å². The zero-order valence-electron chi connectivity index (χ0n) is 42.9. The quantitative estimate of drug-likeness (QED) is 0.119. The number of ether oxygens (including phenoxy) is 6. The zero-order valence-corrected chi connectivity index (χ0v) is 43.7. The first-order valence-corrected chi connectivity index (χ1v) is 26.8. The third kappa shape index (κ3) is 8.70. The summed E-state index contributed by atoms with van der Waals surface area (Å²) in [5, 5.41) is 91.1. The van der Waals surface area contributed by atoms with Gasteiger partial charge in [0.05, 0.1) is 30.3 Å². The highest BCUT2D eigenvalue weighted by Crippen LogP contribution is 2.76. The summed E-state index contributed by atoms with van der Waals surface area (Å²) < 4.78 is 37.4. The molecule has 25 atom stereocenters. The number of halogens is 1. The number of aliphatic hydroxyl groups excluding tert-OH is 8. The average Bonchev–Trinajstić information content (AvgIpc) is 3.33. The molecule has 9 rings (SSSR count). The average molecular weight is 1020 g/mol. The maximum atomic E-state index is 14.8. The van der Waals surface area contributed by atoms with Gasteiger partial charge in [0.2, 0.25) is 5.91 Å². The second-order valence-electron chi connectivity index (χ2n) is 24.5. The molecule has 5 aliphatic carbocycles. The summed E-state index contributed by atoms with van der Waals surface area (Å²) in [5.41, 5.74) is 0.986. The number of amides is 1. The summed E-state index contributed by atoms with van der Waals surface area (Å²) in [5.74, 6) is 1.58. The fraction of sp³-hybridized carbons (Fsp3) is 0.833. The van der Waals surface area contributed by atoms with Crippen molar-refractivity contribution in [2.24, 2.45) is 56.7 Å². The molecule has 1 aromatic rings. The Morgan fingerprint density at radius 2 is 1.28 bits per heavy atom. The van der Waals surface area contributed by atoms with Gasteiger partial charge in [0.15, 0.2) is 18.9 Å². The van der Waals surface area contributed by atoms with Crippen molar-refractivity contribution in [3.05, 3.63) is 40.9 Å². The van der Waals surface area contributed by atoms with E-state index in [1.165, 1.54) is 19.4 Å². The summed E-state index contributed by atoms with van der Waals surface area (Å²) in [4.78, 5) is 14.8. The first kappa shape index (κ1) is 54.0. The Labute approximate surface area is 423 Å². The predicted molar refractivity (Wildman–Crippen MR) is 260 cm³/mol. The van der Waals surface area contributed by atoms with Gasteiger partial charge in [-0.15, -0.1) is 0 Å². The number of rotatable bonds is 9. The smallest absolute Gasteiger partial charge is 0.231 e. The first-order valence-electron chi connectivity index (χ1n) is 26.4. The Bertz CT molecular complexity index is 2120. The van der Waals surface area contributed by atoms with Crippen LogP contribution in [0.5, 0.6) is 0 Å². The molecule has 400 valence electrons. The number of anilines is 1. The van der Waals surface area contributed by atoms with Crippen molar-refractivity contribution >= 4 is 23.2 Å². The highest BCUT2D eigenvalue weighted by Gasteiger charge is 2.70. The molecule has 0 radical (unpaired) electrons. The second-order valence-corrected chi connectivity index (χ2v) is 25.0. The van der Waals surface area contributed by atoms with E-state index in [1.54, 1.807) is 0 Å². The molecular weight excluding hydrogens is 938 g/mol. The fourth-order valence-electron chi connectivity index (χ4n) is 16.1. The maximum absolute atomic E-state index is 14.8. The summed E-state index contributed by atoms with van der Waals surface area (Å²) in [6.07, 6.45) is -11.9. The Morgan fingerprint density at radius 3 is 1.89 bits per heavy atom. The van der Waals surface area contributed by atoms with Crippen LogP contribution in [-0.2, 0) is 33.2 Å². The molecular formula is C54H82ClNO15. The van der Waals surface area contributed by atoms with Gasteiger partial charge in [0, 0.05) is 10.7 Å². The van der Waals surface area contributed by atoms with E-state index in [0.29, 0.717) is 29.2 Å². The third-order valence-corrected chi connectivity index (χ3v) is 21.0. The zero-order chi connectivity index (χ0) is 51.5. The van der Waals surface area contributed by atoms with Gasteiger partial charge in [-0.05, 0) is 147 Å². The molecule has 9 N–H and O–H groups in total. The highest BCUT2D eigenvalue weighted by molar-refractivity contribution is 6.30. The number of hydrogen-bond acceptors (Lipinski definition) is 15. The number of hydrogen-bond donors (Lipinski definition) is 9. The van der Waals surface area contributed by atoms with Crippen LogP contribution in [0, 0.1) is 56.7 Å². The lowest BCUT2D eigenvalue weighted by molar-refractivity contribution is -0.393. The Hall–Kier alpha value is -1.84. The third-order valence-electron chi connectivity index (χ3n) is 20.8. The Balaban J connectivity index is 0.982. The van der Waals surface area contributed by atoms with Crippen LogP contribution in [0.1, 0.15) is 120 Å². The molecule has 8 aliphatic rings. The molecule has 17 heteroatoms. The minimum Gasteiger partial charge on any atom is -0.394 e. The predicted octanol–water partition coefficient (Wildman–Crippen LogP) is 4.82. The molecule has 0 bridgehead atoms. The van der Waals surface area contributed by atoms with Gasteiger partial charge in [-0.2, -0.15) is 0 Å². The van der Waals surface area contributed by atoms with Crippen molar-refractivity contribution in [1.29, 1.82) is 0 Å². The van der Waals surface area contributed by atoms with Gasteiger partial charge in [-0.3, -0.25) is 4.79 Å². The summed E-state index contributed by atoms with van der Waals surface area (Å²) in [7, 11) is 0. The Morgan fingerprint density at radius 1 is 0.676 bits per heavy atom. The molecule has 1 aromatic carbocycles. The van der Waals surface area contributed by atoms with Gasteiger partial charge in [-0.1, -0.05) is 71.7 Å². The topological polar surface area (TPSA) is 246 Å². The number of carbonyl (C=O) groups excluding carboxylic acids is 1. The largest absolute Gasteiger partial charge is 0.394 e. The van der Waals surface area contributed by atoms with Crippen molar-refractivity contribution in [2.45, 2.75) is 218 Å². The number of aliphatic hydroxyl groups is 8. The monoisotopic (exact) mass is 1020 g/mol. The van der Waals surface area contributed by atoms with Gasteiger partial charge >= 0.3 is 0 Å². The number of nitrogens with one attached hydrogen (secondary N) is 1. The van der Waals surface area contributed by atoms with Crippen molar-refractivity contribution < 1.29 is 74.1 Å². The van der Waals surface area contributed by atoms with Crippen LogP contribution in [0.2, 0.25) is 5.02 Å². The molecule has 3 heterocycles. The van der Waals surface area contributed by atoms with Crippen LogP contribution < -0.4 is 5.32 Å². The molecule has 16 nitrogen and oxygen atoms in total. The van der Waals surface area contributed by atoms with E-state index < -0.39 is 116 Å². The van der Waals surface area contributed by atoms with E-state index in [2.05, 4.69) is 59.9 Å². The summed E-state index contributed by atoms with van der Waals surface area (Å²) in [6.45, 7) is 19.0. The summed E-state index contributed by atoms with van der Waals surface area (Å²) >= 11 is 6.23. The standard InChI is InChI=1S/C54H82ClNO15/c1-25-16-21-54(49(65)56-30-12-10-29(55)11-13-30)23-22-52(8)31(36(54)26(25)2)14-15-34-51(7)19-18-35(50(5,6)33(51)17-20-53(34,52)9)69-48-45(71-47-42(63)40(61)38(59)28(4)67-47)43(64)44(32(24-57)68-48)70-46-41(62)39(60)37(58)27(3)66-46/h10-14,25-28,32-48,57-64H,15-24H2,1-9H3,(H,56,65)/t25-,26+,27+,28+,32-,33+,34-,35+,36+,37+,38+,39-,40-,41-,42-,43+,44-,45-,46+,47+,48+,51+,52-,53-,54+/m1/s1. The van der Waals surface area contributed by atoms with Gasteiger partial charge in [0.1, 0.15) is 61.0 Å². The van der Waals surface area contributed by atoms with Gasteiger partial charge in [-0.25, -0.2) is 0 Å². The lowest BCUT2D eigenvalue weighted by Crippen LogP contribution is -2.68. The van der Waals surface area contributed by atoms with Crippen LogP contribution in [0.3, 0.4) is 0 Å². The van der Waals surface area contributed by atoms with E-state index in [1.807, 2.05) is 24.3 Å². The molecule has 71 heavy (non-hydrogen) atoms. The van der Waals surface area contributed by atoms with Crippen LogP contribution >= 0.6 is 11.6 Å². The van der Waals surface area contributed by atoms with Crippen LogP contribution in [0.25, 0.3) is 0 Å². The highest BCUT2D eigenvalue weighted by atomic mass is 35.5. The van der Waals surface area contributed by atoms with Gasteiger partial charge < -0.3 is 74.6 Å². The van der Waals surface area contributed by atoms with Gasteiger partial charge in [0.25, 0.3) is 0 Å². The number of allylic oxidation sites excluding steroid dienone is 2. The van der Waals surface area contributed by atoms with E-state index in [-0.39, 0.29) is 34.0 Å². The van der Waals surface area contributed by atoms with Crippen LogP contribution in [0.4, 0.5) is 5.69 Å². The van der Waals surface area contributed by atoms with E-state index in [0.717, 1.165) is 57.1 Å². The molecule has 7 fully saturated rings. The van der Waals surface area contributed by atoms with Crippen molar-refractivity contribution in [1.82, 2.24) is 0 Å². The van der Waals surface area contributed by atoms with E-state index in [9.17, 15) is 45.6 Å². The van der Waals surface area contributed by atoms with E-state index in [4.69, 9.17) is 40.0 Å². The lowest BCUT2D eigenvalue weighted by atomic mass is 9.33.